The number of hydrogen-bond acceptors (Lipinski definition) is 3. The van der Waals surface area contributed by atoms with Crippen LogP contribution in [0, 0.1) is 5.82 Å². The Labute approximate surface area is 93.6 Å². The summed E-state index contributed by atoms with van der Waals surface area (Å²) in [5.74, 6) is 1.05. The van der Waals surface area contributed by atoms with Gasteiger partial charge in [0.2, 0.25) is 0 Å². The van der Waals surface area contributed by atoms with Crippen LogP contribution in [-0.4, -0.2) is 19.8 Å². The van der Waals surface area contributed by atoms with Gasteiger partial charge in [0.1, 0.15) is 19.0 Å². The molecule has 3 rings (SSSR count). The van der Waals surface area contributed by atoms with Gasteiger partial charge in [0.15, 0.2) is 11.5 Å². The third kappa shape index (κ3) is 1.53. The normalized spacial score (nSPS) is 23.4. The second kappa shape index (κ2) is 3.94. The molecule has 0 bridgehead atoms. The molecule has 2 heterocycles. The molecule has 4 heteroatoms. The SMILES string of the molecule is Fc1ccc2c(c1C1CCCN1)OCCO2. The van der Waals surface area contributed by atoms with Crippen molar-refractivity contribution in [3.63, 3.8) is 0 Å². The molecule has 86 valence electrons. The molecule has 3 nitrogen and oxygen atoms in total. The maximum Gasteiger partial charge on any atom is 0.169 e. The molecular weight excluding hydrogens is 209 g/mol. The zero-order valence-electron chi connectivity index (χ0n) is 8.96. The molecule has 0 aromatic heterocycles. The number of nitrogens with one attached hydrogen (secondary N) is 1. The summed E-state index contributed by atoms with van der Waals surface area (Å²) in [7, 11) is 0. The molecule has 2 aliphatic rings. The first kappa shape index (κ1) is 9.90. The van der Waals surface area contributed by atoms with E-state index >= 15 is 0 Å². The molecule has 2 aliphatic heterocycles. The molecule has 0 aliphatic carbocycles. The minimum absolute atomic E-state index is 0.0663. The van der Waals surface area contributed by atoms with Crippen LogP contribution in [-0.2, 0) is 0 Å². The highest BCUT2D eigenvalue weighted by atomic mass is 19.1. The second-order valence-electron chi connectivity index (χ2n) is 4.13. The molecular formula is C12H14FNO2. The van der Waals surface area contributed by atoms with Crippen LogP contribution in [0.5, 0.6) is 11.5 Å². The molecule has 0 radical (unpaired) electrons. The summed E-state index contributed by atoms with van der Waals surface area (Å²) >= 11 is 0. The monoisotopic (exact) mass is 223 g/mol. The van der Waals surface area contributed by atoms with Crippen LogP contribution in [0.4, 0.5) is 4.39 Å². The van der Waals surface area contributed by atoms with Crippen molar-refractivity contribution in [2.75, 3.05) is 19.8 Å². The highest BCUT2D eigenvalue weighted by molar-refractivity contribution is 5.49. The average molecular weight is 223 g/mol. The van der Waals surface area contributed by atoms with E-state index in [1.54, 1.807) is 6.07 Å². The highest BCUT2D eigenvalue weighted by Gasteiger charge is 2.27. The lowest BCUT2D eigenvalue weighted by Crippen LogP contribution is -2.21. The van der Waals surface area contributed by atoms with Gasteiger partial charge >= 0.3 is 0 Å². The van der Waals surface area contributed by atoms with E-state index < -0.39 is 0 Å². The van der Waals surface area contributed by atoms with E-state index in [1.807, 2.05) is 0 Å². The van der Waals surface area contributed by atoms with Gasteiger partial charge in [-0.25, -0.2) is 4.39 Å². The summed E-state index contributed by atoms with van der Waals surface area (Å²) in [6.45, 7) is 1.97. The van der Waals surface area contributed by atoms with Crippen LogP contribution in [0.3, 0.4) is 0 Å². The quantitative estimate of drug-likeness (QED) is 0.790. The lowest BCUT2D eigenvalue weighted by atomic mass is 10.0. The molecule has 1 aromatic rings. The molecule has 0 amide bonds. The zero-order valence-corrected chi connectivity index (χ0v) is 8.96. The standard InChI is InChI=1S/C12H14FNO2/c13-8-3-4-10-12(16-7-6-15-10)11(8)9-2-1-5-14-9/h3-4,9,14H,1-2,5-7H2. The third-order valence-corrected chi connectivity index (χ3v) is 3.10. The van der Waals surface area contributed by atoms with Crippen molar-refractivity contribution >= 4 is 0 Å². The Morgan fingerprint density at radius 3 is 2.94 bits per heavy atom. The van der Waals surface area contributed by atoms with Gasteiger partial charge in [0, 0.05) is 6.04 Å². The first-order valence-corrected chi connectivity index (χ1v) is 5.67. The minimum atomic E-state index is -0.205. The smallest absolute Gasteiger partial charge is 0.169 e. The van der Waals surface area contributed by atoms with Crippen LogP contribution >= 0.6 is 0 Å². The van der Waals surface area contributed by atoms with Crippen molar-refractivity contribution in [3.05, 3.63) is 23.5 Å². The van der Waals surface area contributed by atoms with Crippen molar-refractivity contribution in [1.29, 1.82) is 0 Å². The van der Waals surface area contributed by atoms with E-state index in [4.69, 9.17) is 9.47 Å². The van der Waals surface area contributed by atoms with Gasteiger partial charge in [-0.05, 0) is 31.5 Å². The first-order chi connectivity index (χ1) is 7.86. The van der Waals surface area contributed by atoms with Crippen LogP contribution in [0.2, 0.25) is 0 Å². The largest absolute Gasteiger partial charge is 0.486 e. The predicted octanol–water partition coefficient (Wildman–Crippen LogP) is 2.02. The summed E-state index contributed by atoms with van der Waals surface area (Å²) in [6.07, 6.45) is 2.03. The van der Waals surface area contributed by atoms with Crippen LogP contribution in [0.25, 0.3) is 0 Å². The second-order valence-corrected chi connectivity index (χ2v) is 4.13. The van der Waals surface area contributed by atoms with Crippen molar-refractivity contribution in [2.24, 2.45) is 0 Å². The molecule has 1 fully saturated rings. The van der Waals surface area contributed by atoms with Crippen LogP contribution in [0.15, 0.2) is 12.1 Å². The number of ether oxygens (including phenoxy) is 2. The van der Waals surface area contributed by atoms with E-state index in [9.17, 15) is 4.39 Å². The number of rotatable bonds is 1. The Morgan fingerprint density at radius 1 is 1.25 bits per heavy atom. The summed E-state index contributed by atoms with van der Waals surface area (Å²) in [6, 6.07) is 3.17. The predicted molar refractivity (Wildman–Crippen MR) is 57.4 cm³/mol. The number of fused-ring (bicyclic) bond motifs is 1. The van der Waals surface area contributed by atoms with Gasteiger partial charge in [0.25, 0.3) is 0 Å². The van der Waals surface area contributed by atoms with Crippen molar-refractivity contribution < 1.29 is 13.9 Å². The molecule has 0 saturated carbocycles. The van der Waals surface area contributed by atoms with E-state index in [0.29, 0.717) is 30.3 Å². The Hall–Kier alpha value is -1.29. The fourth-order valence-corrected chi connectivity index (χ4v) is 2.37. The summed E-state index contributed by atoms with van der Waals surface area (Å²) in [5, 5.41) is 3.29. The molecule has 1 aromatic carbocycles. The highest BCUT2D eigenvalue weighted by Crippen LogP contribution is 2.40. The van der Waals surface area contributed by atoms with Crippen LogP contribution < -0.4 is 14.8 Å². The van der Waals surface area contributed by atoms with Gasteiger partial charge in [-0.2, -0.15) is 0 Å². The topological polar surface area (TPSA) is 30.5 Å². The fraction of sp³-hybridized carbons (Fsp3) is 0.500. The number of hydrogen-bond donors (Lipinski definition) is 1. The third-order valence-electron chi connectivity index (χ3n) is 3.10. The average Bonchev–Trinajstić information content (AvgIpc) is 2.82. The van der Waals surface area contributed by atoms with Gasteiger partial charge in [0.05, 0.1) is 5.56 Å². The lowest BCUT2D eigenvalue weighted by molar-refractivity contribution is 0.167. The van der Waals surface area contributed by atoms with E-state index in [2.05, 4.69) is 5.32 Å². The van der Waals surface area contributed by atoms with E-state index in [0.717, 1.165) is 19.4 Å². The Bertz CT molecular complexity index is 402. The molecule has 0 spiro atoms. The first-order valence-electron chi connectivity index (χ1n) is 5.67. The van der Waals surface area contributed by atoms with Gasteiger partial charge < -0.3 is 14.8 Å². The Balaban J connectivity index is 2.06. The zero-order chi connectivity index (χ0) is 11.0. The van der Waals surface area contributed by atoms with Gasteiger partial charge in [-0.3, -0.25) is 0 Å². The van der Waals surface area contributed by atoms with Crippen molar-refractivity contribution in [2.45, 2.75) is 18.9 Å². The molecule has 1 saturated heterocycles. The summed E-state index contributed by atoms with van der Waals surface area (Å²) < 4.78 is 24.9. The molecule has 1 N–H and O–H groups in total. The Morgan fingerprint density at radius 2 is 2.12 bits per heavy atom. The van der Waals surface area contributed by atoms with Gasteiger partial charge in [-0.15, -0.1) is 0 Å². The molecule has 1 unspecified atom stereocenters. The maximum atomic E-state index is 13.9. The number of halogens is 1. The maximum absolute atomic E-state index is 13.9. The van der Waals surface area contributed by atoms with Crippen molar-refractivity contribution in [3.8, 4) is 11.5 Å². The molecule has 16 heavy (non-hydrogen) atoms. The lowest BCUT2D eigenvalue weighted by Gasteiger charge is -2.23. The number of benzene rings is 1. The van der Waals surface area contributed by atoms with Gasteiger partial charge in [-0.1, -0.05) is 0 Å². The fourth-order valence-electron chi connectivity index (χ4n) is 2.37. The Kier molecular flexibility index (Phi) is 2.44. The summed E-state index contributed by atoms with van der Waals surface area (Å²) in [4.78, 5) is 0. The summed E-state index contributed by atoms with van der Waals surface area (Å²) in [5.41, 5.74) is 0.634. The van der Waals surface area contributed by atoms with E-state index in [1.165, 1.54) is 6.07 Å². The van der Waals surface area contributed by atoms with E-state index in [-0.39, 0.29) is 11.9 Å². The van der Waals surface area contributed by atoms with Crippen molar-refractivity contribution in [1.82, 2.24) is 5.32 Å². The van der Waals surface area contributed by atoms with Crippen LogP contribution in [0.1, 0.15) is 24.4 Å². The molecule has 1 atom stereocenters. The minimum Gasteiger partial charge on any atom is -0.486 e.